The molecule has 0 bridgehead atoms. The highest BCUT2D eigenvalue weighted by Crippen LogP contribution is 2.14. The Morgan fingerprint density at radius 3 is 2.79 bits per heavy atom. The van der Waals surface area contributed by atoms with Gasteiger partial charge in [-0.05, 0) is 17.7 Å². The fraction of sp³-hybridized carbons (Fsp3) is 0.111. The predicted octanol–water partition coefficient (Wildman–Crippen LogP) is 1.66. The summed E-state index contributed by atoms with van der Waals surface area (Å²) in [6, 6.07) is 3.80. The second-order valence-corrected chi connectivity index (χ2v) is 2.61. The Labute approximate surface area is 79.4 Å². The van der Waals surface area contributed by atoms with Gasteiger partial charge in [0.25, 0.3) is 0 Å². The van der Waals surface area contributed by atoms with Crippen molar-refractivity contribution in [2.45, 2.75) is 6.42 Å². The van der Waals surface area contributed by atoms with Crippen LogP contribution in [0.5, 0.6) is 0 Å². The second-order valence-electron chi connectivity index (χ2n) is 2.61. The maximum atomic E-state index is 13.1. The SMILES string of the molecule is O=CCc1ccc(NC(=O)O)cc1F. The summed E-state index contributed by atoms with van der Waals surface area (Å²) in [5.74, 6) is -0.594. The zero-order valence-electron chi connectivity index (χ0n) is 7.16. The Morgan fingerprint density at radius 1 is 1.57 bits per heavy atom. The number of carboxylic acid groups (broad SMARTS) is 1. The van der Waals surface area contributed by atoms with Gasteiger partial charge in [0.05, 0.1) is 0 Å². The molecule has 0 aliphatic heterocycles. The van der Waals surface area contributed by atoms with Gasteiger partial charge in [0.15, 0.2) is 0 Å². The average Bonchev–Trinajstić information content (AvgIpc) is 2.09. The third-order valence-electron chi connectivity index (χ3n) is 1.61. The molecule has 74 valence electrons. The van der Waals surface area contributed by atoms with E-state index in [-0.39, 0.29) is 17.7 Å². The summed E-state index contributed by atoms with van der Waals surface area (Å²) in [6.45, 7) is 0. The number of aldehydes is 1. The molecule has 14 heavy (non-hydrogen) atoms. The Kier molecular flexibility index (Phi) is 3.17. The van der Waals surface area contributed by atoms with Crippen LogP contribution < -0.4 is 5.32 Å². The highest BCUT2D eigenvalue weighted by Gasteiger charge is 2.04. The maximum absolute atomic E-state index is 13.1. The van der Waals surface area contributed by atoms with E-state index in [1.165, 1.54) is 12.1 Å². The summed E-state index contributed by atoms with van der Waals surface area (Å²) >= 11 is 0. The molecule has 0 heterocycles. The molecule has 2 N–H and O–H groups in total. The normalized spacial score (nSPS) is 9.50. The van der Waals surface area contributed by atoms with Crippen LogP contribution >= 0.6 is 0 Å². The fourth-order valence-electron chi connectivity index (χ4n) is 1.00. The van der Waals surface area contributed by atoms with E-state index in [1.807, 2.05) is 5.32 Å². The van der Waals surface area contributed by atoms with Gasteiger partial charge in [-0.3, -0.25) is 5.32 Å². The third kappa shape index (κ3) is 2.55. The Hall–Kier alpha value is -1.91. The standard InChI is InChI=1S/C9H8FNO3/c10-8-5-7(11-9(13)14)2-1-6(8)3-4-12/h1-2,4-5,11H,3H2,(H,13,14). The average molecular weight is 197 g/mol. The quantitative estimate of drug-likeness (QED) is 0.724. The number of benzene rings is 1. The van der Waals surface area contributed by atoms with Crippen LogP contribution in [0.15, 0.2) is 18.2 Å². The molecule has 0 unspecified atom stereocenters. The third-order valence-corrected chi connectivity index (χ3v) is 1.61. The van der Waals surface area contributed by atoms with Crippen LogP contribution in [-0.4, -0.2) is 17.5 Å². The van der Waals surface area contributed by atoms with Gasteiger partial charge in [-0.2, -0.15) is 0 Å². The Balaban J connectivity index is 2.88. The van der Waals surface area contributed by atoms with Crippen LogP contribution in [0.4, 0.5) is 14.9 Å². The lowest BCUT2D eigenvalue weighted by Crippen LogP contribution is -2.07. The van der Waals surface area contributed by atoms with E-state index in [0.717, 1.165) is 6.07 Å². The van der Waals surface area contributed by atoms with Crippen molar-refractivity contribution < 1.29 is 19.1 Å². The molecule has 0 atom stereocenters. The van der Waals surface area contributed by atoms with Crippen LogP contribution in [0.2, 0.25) is 0 Å². The first-order chi connectivity index (χ1) is 6.63. The van der Waals surface area contributed by atoms with E-state index >= 15 is 0 Å². The van der Waals surface area contributed by atoms with Crippen LogP contribution in [0.3, 0.4) is 0 Å². The van der Waals surface area contributed by atoms with Crippen LogP contribution in [0.1, 0.15) is 5.56 Å². The number of rotatable bonds is 3. The molecule has 4 nitrogen and oxygen atoms in total. The number of carbonyl (C=O) groups excluding carboxylic acids is 1. The van der Waals surface area contributed by atoms with E-state index in [9.17, 15) is 14.0 Å². The van der Waals surface area contributed by atoms with E-state index < -0.39 is 11.9 Å². The van der Waals surface area contributed by atoms with E-state index in [0.29, 0.717) is 6.29 Å². The van der Waals surface area contributed by atoms with Gasteiger partial charge >= 0.3 is 6.09 Å². The van der Waals surface area contributed by atoms with Crippen molar-refractivity contribution >= 4 is 18.1 Å². The van der Waals surface area contributed by atoms with Crippen molar-refractivity contribution in [1.29, 1.82) is 0 Å². The molecule has 0 fully saturated rings. The monoisotopic (exact) mass is 197 g/mol. The van der Waals surface area contributed by atoms with Gasteiger partial charge < -0.3 is 9.90 Å². The smallest absolute Gasteiger partial charge is 0.409 e. The molecular formula is C9H8FNO3. The number of anilines is 1. The summed E-state index contributed by atoms with van der Waals surface area (Å²) in [5.41, 5.74) is 0.389. The molecule has 0 saturated heterocycles. The molecule has 1 aromatic carbocycles. The van der Waals surface area contributed by atoms with Crippen molar-refractivity contribution in [3.63, 3.8) is 0 Å². The minimum atomic E-state index is -1.26. The molecule has 1 rings (SSSR count). The number of amides is 1. The van der Waals surface area contributed by atoms with Gasteiger partial charge in [-0.25, -0.2) is 9.18 Å². The fourth-order valence-corrected chi connectivity index (χ4v) is 1.00. The molecule has 0 aromatic heterocycles. The molecular weight excluding hydrogens is 189 g/mol. The van der Waals surface area contributed by atoms with Gasteiger partial charge in [0.1, 0.15) is 12.1 Å². The summed E-state index contributed by atoms with van der Waals surface area (Å²) in [5, 5.41) is 10.3. The number of carbonyl (C=O) groups is 2. The van der Waals surface area contributed by atoms with Crippen molar-refractivity contribution in [2.75, 3.05) is 5.32 Å². The second kappa shape index (κ2) is 4.36. The molecule has 1 amide bonds. The van der Waals surface area contributed by atoms with Crippen LogP contribution in [-0.2, 0) is 11.2 Å². The minimum Gasteiger partial charge on any atom is -0.465 e. The first-order valence-electron chi connectivity index (χ1n) is 3.85. The summed E-state index contributed by atoms with van der Waals surface area (Å²) in [6.07, 6.45) is -0.686. The summed E-state index contributed by atoms with van der Waals surface area (Å²) in [4.78, 5) is 20.3. The summed E-state index contributed by atoms with van der Waals surface area (Å²) in [7, 11) is 0. The molecule has 0 aliphatic rings. The Morgan fingerprint density at radius 2 is 2.29 bits per heavy atom. The van der Waals surface area contributed by atoms with Gasteiger partial charge in [0, 0.05) is 12.1 Å². The number of nitrogens with one attached hydrogen (secondary N) is 1. The van der Waals surface area contributed by atoms with Gasteiger partial charge in [-0.15, -0.1) is 0 Å². The van der Waals surface area contributed by atoms with Gasteiger partial charge in [-0.1, -0.05) is 6.07 Å². The van der Waals surface area contributed by atoms with Crippen LogP contribution in [0, 0.1) is 5.82 Å². The molecule has 1 aromatic rings. The number of hydrogen-bond acceptors (Lipinski definition) is 2. The van der Waals surface area contributed by atoms with E-state index in [4.69, 9.17) is 5.11 Å². The highest BCUT2D eigenvalue weighted by atomic mass is 19.1. The zero-order chi connectivity index (χ0) is 10.6. The minimum absolute atomic E-state index is 0.0147. The van der Waals surface area contributed by atoms with Crippen molar-refractivity contribution in [1.82, 2.24) is 0 Å². The number of halogens is 1. The Bertz CT molecular complexity index is 365. The van der Waals surface area contributed by atoms with Crippen molar-refractivity contribution in [3.8, 4) is 0 Å². The first kappa shape index (κ1) is 10.2. The zero-order valence-corrected chi connectivity index (χ0v) is 7.16. The topological polar surface area (TPSA) is 66.4 Å². The van der Waals surface area contributed by atoms with Gasteiger partial charge in [0.2, 0.25) is 0 Å². The van der Waals surface area contributed by atoms with Crippen LogP contribution in [0.25, 0.3) is 0 Å². The molecule has 0 saturated carbocycles. The lowest BCUT2D eigenvalue weighted by molar-refractivity contribution is -0.107. The molecule has 0 spiro atoms. The lowest BCUT2D eigenvalue weighted by atomic mass is 10.1. The molecule has 5 heteroatoms. The predicted molar refractivity (Wildman–Crippen MR) is 47.8 cm³/mol. The first-order valence-corrected chi connectivity index (χ1v) is 3.85. The van der Waals surface area contributed by atoms with E-state index in [2.05, 4.69) is 0 Å². The highest BCUT2D eigenvalue weighted by molar-refractivity contribution is 5.82. The summed E-state index contributed by atoms with van der Waals surface area (Å²) < 4.78 is 13.1. The molecule has 0 aliphatic carbocycles. The maximum Gasteiger partial charge on any atom is 0.409 e. The lowest BCUT2D eigenvalue weighted by Gasteiger charge is -2.03. The largest absolute Gasteiger partial charge is 0.465 e. The molecule has 0 radical (unpaired) electrons. The van der Waals surface area contributed by atoms with Crippen molar-refractivity contribution in [3.05, 3.63) is 29.6 Å². The van der Waals surface area contributed by atoms with Crippen molar-refractivity contribution in [2.24, 2.45) is 0 Å². The van der Waals surface area contributed by atoms with E-state index in [1.54, 1.807) is 0 Å². The number of hydrogen-bond donors (Lipinski definition) is 2.